The maximum Gasteiger partial charge on any atom is 0.119 e. The molecular formula is C15H23O. The van der Waals surface area contributed by atoms with Crippen LogP contribution in [0.15, 0.2) is 24.3 Å². The average Bonchev–Trinajstić information content (AvgIpc) is 2.03. The highest BCUT2D eigenvalue weighted by Gasteiger charge is 2.37. The highest BCUT2D eigenvalue weighted by atomic mass is 16.3. The summed E-state index contributed by atoms with van der Waals surface area (Å²) in [5.41, 5.74) is 1.08. The predicted molar refractivity (Wildman–Crippen MR) is 69.4 cm³/mol. The number of phenolic OH excluding ortho intramolecular Hbond substituents is 1. The van der Waals surface area contributed by atoms with Crippen molar-refractivity contribution in [1.82, 2.24) is 0 Å². The first-order chi connectivity index (χ1) is 7.14. The highest BCUT2D eigenvalue weighted by molar-refractivity contribution is 5.46. The molecule has 0 saturated carbocycles. The van der Waals surface area contributed by atoms with Gasteiger partial charge in [0.25, 0.3) is 0 Å². The van der Waals surface area contributed by atoms with E-state index in [1.54, 1.807) is 6.07 Å². The van der Waals surface area contributed by atoms with Gasteiger partial charge in [-0.15, -0.1) is 0 Å². The summed E-state index contributed by atoms with van der Waals surface area (Å²) in [4.78, 5) is 0. The minimum absolute atomic E-state index is 0.0527. The summed E-state index contributed by atoms with van der Waals surface area (Å²) in [7, 11) is 0. The molecule has 0 unspecified atom stereocenters. The van der Waals surface area contributed by atoms with Gasteiger partial charge in [-0.3, -0.25) is 0 Å². The standard InChI is InChI=1S/C15H23O/c1-14(2,3)13(15(4,5)6)11-9-7-8-10-12(11)16/h7-10,16H,1-6H3. The van der Waals surface area contributed by atoms with Crippen LogP contribution >= 0.6 is 0 Å². The Balaban J connectivity index is 3.29. The highest BCUT2D eigenvalue weighted by Crippen LogP contribution is 2.48. The molecule has 16 heavy (non-hydrogen) atoms. The van der Waals surface area contributed by atoms with Gasteiger partial charge in [0.2, 0.25) is 0 Å². The Kier molecular flexibility index (Phi) is 3.37. The minimum Gasteiger partial charge on any atom is -0.508 e. The molecule has 0 spiro atoms. The van der Waals surface area contributed by atoms with Gasteiger partial charge in [-0.1, -0.05) is 59.7 Å². The molecule has 1 aromatic rings. The minimum atomic E-state index is 0.0527. The molecule has 0 aliphatic rings. The van der Waals surface area contributed by atoms with Gasteiger partial charge in [-0.25, -0.2) is 0 Å². The second kappa shape index (κ2) is 4.12. The Labute approximate surface area is 99.5 Å². The molecule has 1 rings (SSSR count). The molecule has 0 bridgehead atoms. The normalized spacial score (nSPS) is 13.2. The zero-order valence-corrected chi connectivity index (χ0v) is 11.3. The van der Waals surface area contributed by atoms with Crippen molar-refractivity contribution in [2.75, 3.05) is 0 Å². The van der Waals surface area contributed by atoms with Crippen molar-refractivity contribution in [3.63, 3.8) is 0 Å². The van der Waals surface area contributed by atoms with Crippen LogP contribution in [0.4, 0.5) is 0 Å². The lowest BCUT2D eigenvalue weighted by atomic mass is 9.63. The predicted octanol–water partition coefficient (Wildman–Crippen LogP) is 4.41. The fraction of sp³-hybridized carbons (Fsp3) is 0.533. The number of rotatable bonds is 1. The van der Waals surface area contributed by atoms with Crippen molar-refractivity contribution < 1.29 is 5.11 Å². The molecule has 1 heteroatoms. The summed E-state index contributed by atoms with van der Waals surface area (Å²) in [6.45, 7) is 13.2. The summed E-state index contributed by atoms with van der Waals surface area (Å²) in [6, 6.07) is 7.60. The average molecular weight is 219 g/mol. The second-order valence-electron chi connectivity index (χ2n) is 6.39. The van der Waals surface area contributed by atoms with Gasteiger partial charge in [0.1, 0.15) is 5.75 Å². The van der Waals surface area contributed by atoms with Crippen molar-refractivity contribution in [1.29, 1.82) is 0 Å². The molecule has 0 heterocycles. The molecule has 1 nitrogen and oxygen atoms in total. The van der Waals surface area contributed by atoms with E-state index in [0.29, 0.717) is 5.75 Å². The lowest BCUT2D eigenvalue weighted by molar-refractivity contribution is 0.294. The van der Waals surface area contributed by atoms with Crippen molar-refractivity contribution in [2.45, 2.75) is 41.5 Å². The van der Waals surface area contributed by atoms with Crippen molar-refractivity contribution >= 4 is 0 Å². The summed E-state index contributed by atoms with van der Waals surface area (Å²) in [5.74, 6) is 1.67. The van der Waals surface area contributed by atoms with Crippen LogP contribution in [0.3, 0.4) is 0 Å². The quantitative estimate of drug-likeness (QED) is 0.742. The lowest BCUT2D eigenvalue weighted by Crippen LogP contribution is -2.31. The molecule has 0 aliphatic heterocycles. The smallest absolute Gasteiger partial charge is 0.119 e. The van der Waals surface area contributed by atoms with Crippen LogP contribution < -0.4 is 0 Å². The van der Waals surface area contributed by atoms with Crippen molar-refractivity contribution in [3.8, 4) is 5.75 Å². The molecule has 0 saturated heterocycles. The number of hydrogen-bond acceptors (Lipinski definition) is 1. The Morgan fingerprint density at radius 2 is 1.31 bits per heavy atom. The van der Waals surface area contributed by atoms with Crippen LogP contribution in [0, 0.1) is 16.7 Å². The summed E-state index contributed by atoms with van der Waals surface area (Å²) in [6.07, 6.45) is 0. The van der Waals surface area contributed by atoms with E-state index < -0.39 is 0 Å². The molecule has 1 N–H and O–H groups in total. The SMILES string of the molecule is CC(C)(C)[C](c1ccccc1O)C(C)(C)C. The van der Waals surface area contributed by atoms with Crippen LogP contribution in [0.2, 0.25) is 0 Å². The largest absolute Gasteiger partial charge is 0.508 e. The van der Waals surface area contributed by atoms with Gasteiger partial charge < -0.3 is 5.11 Å². The molecule has 0 aromatic heterocycles. The summed E-state index contributed by atoms with van der Waals surface area (Å²) >= 11 is 0. The van der Waals surface area contributed by atoms with E-state index >= 15 is 0 Å². The summed E-state index contributed by atoms with van der Waals surface area (Å²) < 4.78 is 0. The van der Waals surface area contributed by atoms with Crippen LogP contribution in [-0.2, 0) is 0 Å². The van der Waals surface area contributed by atoms with Gasteiger partial charge >= 0.3 is 0 Å². The molecule has 89 valence electrons. The number of aromatic hydroxyl groups is 1. The molecule has 0 fully saturated rings. The number of benzene rings is 1. The molecular weight excluding hydrogens is 196 g/mol. The third kappa shape index (κ3) is 2.78. The van der Waals surface area contributed by atoms with Crippen molar-refractivity contribution in [2.24, 2.45) is 10.8 Å². The van der Waals surface area contributed by atoms with Gasteiger partial charge in [-0.2, -0.15) is 0 Å². The fourth-order valence-corrected chi connectivity index (χ4v) is 2.62. The molecule has 1 radical (unpaired) electrons. The van der Waals surface area contributed by atoms with Gasteiger partial charge in [0, 0.05) is 11.5 Å². The van der Waals surface area contributed by atoms with E-state index in [1.807, 2.05) is 18.2 Å². The van der Waals surface area contributed by atoms with E-state index in [2.05, 4.69) is 41.5 Å². The molecule has 0 aliphatic carbocycles. The third-order valence-electron chi connectivity index (χ3n) is 2.67. The van der Waals surface area contributed by atoms with E-state index in [4.69, 9.17) is 0 Å². The van der Waals surface area contributed by atoms with Crippen LogP contribution in [0.25, 0.3) is 0 Å². The zero-order valence-electron chi connectivity index (χ0n) is 11.3. The Morgan fingerprint density at radius 3 is 1.69 bits per heavy atom. The molecule has 1 aromatic carbocycles. The maximum atomic E-state index is 9.99. The van der Waals surface area contributed by atoms with Gasteiger partial charge in [-0.05, 0) is 16.9 Å². The number of phenols is 1. The first-order valence-electron chi connectivity index (χ1n) is 5.80. The van der Waals surface area contributed by atoms with E-state index in [1.165, 1.54) is 5.92 Å². The zero-order chi connectivity index (χ0) is 12.6. The Bertz CT molecular complexity index is 338. The molecule has 0 atom stereocenters. The Hall–Kier alpha value is -0.980. The van der Waals surface area contributed by atoms with E-state index in [0.717, 1.165) is 5.56 Å². The first-order valence-corrected chi connectivity index (χ1v) is 5.80. The Morgan fingerprint density at radius 1 is 0.875 bits per heavy atom. The third-order valence-corrected chi connectivity index (χ3v) is 2.67. The van der Waals surface area contributed by atoms with Crippen LogP contribution in [0.5, 0.6) is 5.75 Å². The maximum absolute atomic E-state index is 9.99. The van der Waals surface area contributed by atoms with E-state index in [9.17, 15) is 5.11 Å². The second-order valence-corrected chi connectivity index (χ2v) is 6.39. The fourth-order valence-electron chi connectivity index (χ4n) is 2.62. The number of para-hydroxylation sites is 1. The van der Waals surface area contributed by atoms with Crippen LogP contribution in [-0.4, -0.2) is 5.11 Å². The first kappa shape index (κ1) is 13.1. The lowest BCUT2D eigenvalue weighted by Gasteiger charge is -2.40. The molecule has 0 amide bonds. The summed E-state index contributed by atoms with van der Waals surface area (Å²) in [5, 5.41) is 9.99. The van der Waals surface area contributed by atoms with Gasteiger partial charge in [0.05, 0.1) is 0 Å². The number of hydrogen-bond donors (Lipinski definition) is 1. The topological polar surface area (TPSA) is 20.2 Å². The van der Waals surface area contributed by atoms with Crippen molar-refractivity contribution in [3.05, 3.63) is 35.7 Å². The van der Waals surface area contributed by atoms with E-state index in [-0.39, 0.29) is 10.8 Å². The van der Waals surface area contributed by atoms with Gasteiger partial charge in [0.15, 0.2) is 0 Å². The monoisotopic (exact) mass is 219 g/mol. The van der Waals surface area contributed by atoms with Crippen LogP contribution in [0.1, 0.15) is 47.1 Å².